The van der Waals surface area contributed by atoms with E-state index in [9.17, 15) is 19.6 Å². The Kier molecular flexibility index (Phi) is 7.10. The molecule has 0 aliphatic heterocycles. The van der Waals surface area contributed by atoms with Crippen molar-refractivity contribution in [2.24, 2.45) is 5.10 Å². The highest BCUT2D eigenvalue weighted by Crippen LogP contribution is 2.37. The molecule has 1 aliphatic rings. The van der Waals surface area contributed by atoms with Crippen LogP contribution in [0.4, 0.5) is 5.00 Å². The Morgan fingerprint density at radius 1 is 1.00 bits per heavy atom. The summed E-state index contributed by atoms with van der Waals surface area (Å²) in [6, 6.07) is 17.3. The number of amides is 2. The number of benzene rings is 2. The van der Waals surface area contributed by atoms with Gasteiger partial charge in [0.25, 0.3) is 0 Å². The molecule has 2 N–H and O–H groups in total. The molecule has 0 atom stereocenters. The van der Waals surface area contributed by atoms with Crippen molar-refractivity contribution in [2.75, 3.05) is 5.32 Å². The lowest BCUT2D eigenvalue weighted by molar-refractivity contribution is -0.136. The molecule has 0 spiro atoms. The van der Waals surface area contributed by atoms with Gasteiger partial charge in [-0.2, -0.15) is 10.4 Å². The van der Waals surface area contributed by atoms with Crippen LogP contribution >= 0.6 is 11.3 Å². The van der Waals surface area contributed by atoms with Gasteiger partial charge in [-0.25, -0.2) is 10.2 Å². The van der Waals surface area contributed by atoms with Crippen LogP contribution < -0.4 is 15.5 Å². The number of hydrogen-bond donors (Lipinski definition) is 2. The van der Waals surface area contributed by atoms with Crippen LogP contribution in [0.1, 0.15) is 44.8 Å². The second-order valence-corrected chi connectivity index (χ2v) is 8.61. The highest BCUT2D eigenvalue weighted by atomic mass is 32.1. The predicted molar refractivity (Wildman–Crippen MR) is 128 cm³/mol. The van der Waals surface area contributed by atoms with Crippen LogP contribution in [0.15, 0.2) is 59.7 Å². The molecule has 2 amide bonds. The normalized spacial score (nSPS) is 12.4. The van der Waals surface area contributed by atoms with Gasteiger partial charge in [-0.3, -0.25) is 9.59 Å². The number of aryl methyl sites for hydroxylation is 1. The number of carbonyl (C=O) groups is 3. The summed E-state index contributed by atoms with van der Waals surface area (Å²) < 4.78 is 5.31. The molecule has 9 heteroatoms. The monoisotopic (exact) mass is 472 g/mol. The van der Waals surface area contributed by atoms with Gasteiger partial charge in [-0.1, -0.05) is 18.2 Å². The molecule has 0 fully saturated rings. The summed E-state index contributed by atoms with van der Waals surface area (Å²) in [5, 5.41) is 16.2. The lowest BCUT2D eigenvalue weighted by atomic mass is 9.96. The van der Waals surface area contributed by atoms with Crippen LogP contribution in [-0.2, 0) is 22.4 Å². The number of rotatable bonds is 5. The second kappa shape index (κ2) is 10.6. The van der Waals surface area contributed by atoms with Crippen molar-refractivity contribution >= 4 is 40.3 Å². The standard InChI is InChI=1S/C25H20N4O4S/c26-14-20-19-8-4-5-9-21(19)34-24(20)28-22(30)23(31)29-27-15-16-10-12-18(13-11-16)33-25(32)17-6-2-1-3-7-17/h1-3,6-7,10-13,15H,4-5,8-9H2,(H,28,30)(H,29,31). The first-order chi connectivity index (χ1) is 16.5. The van der Waals surface area contributed by atoms with Gasteiger partial charge in [-0.15, -0.1) is 11.3 Å². The Morgan fingerprint density at radius 2 is 1.74 bits per heavy atom. The summed E-state index contributed by atoms with van der Waals surface area (Å²) in [5.41, 5.74) is 4.66. The van der Waals surface area contributed by atoms with Gasteiger partial charge in [0.1, 0.15) is 16.8 Å². The smallest absolute Gasteiger partial charge is 0.343 e. The Morgan fingerprint density at radius 3 is 2.47 bits per heavy atom. The quantitative estimate of drug-likeness (QED) is 0.192. The van der Waals surface area contributed by atoms with E-state index in [-0.39, 0.29) is 0 Å². The fourth-order valence-corrected chi connectivity index (χ4v) is 4.75. The highest BCUT2D eigenvalue weighted by molar-refractivity contribution is 7.16. The molecule has 1 aromatic heterocycles. The van der Waals surface area contributed by atoms with Gasteiger partial charge in [0.2, 0.25) is 0 Å². The number of hydrazone groups is 1. The Labute approximate surface area is 199 Å². The van der Waals surface area contributed by atoms with E-state index in [0.29, 0.717) is 27.4 Å². The third-order valence-electron chi connectivity index (χ3n) is 5.20. The molecule has 0 saturated heterocycles. The molecule has 8 nitrogen and oxygen atoms in total. The summed E-state index contributed by atoms with van der Waals surface area (Å²) in [7, 11) is 0. The Bertz CT molecular complexity index is 1290. The molecule has 2 aromatic carbocycles. The van der Waals surface area contributed by atoms with E-state index in [4.69, 9.17) is 4.74 Å². The lowest BCUT2D eigenvalue weighted by Crippen LogP contribution is -2.32. The van der Waals surface area contributed by atoms with Crippen LogP contribution in [0.5, 0.6) is 5.75 Å². The molecule has 34 heavy (non-hydrogen) atoms. The van der Waals surface area contributed by atoms with E-state index in [1.807, 2.05) is 6.07 Å². The van der Waals surface area contributed by atoms with Crippen molar-refractivity contribution < 1.29 is 19.1 Å². The van der Waals surface area contributed by atoms with E-state index in [0.717, 1.165) is 36.1 Å². The van der Waals surface area contributed by atoms with Crippen molar-refractivity contribution in [3.05, 3.63) is 81.7 Å². The van der Waals surface area contributed by atoms with Crippen molar-refractivity contribution in [3.63, 3.8) is 0 Å². The average Bonchev–Trinajstić information content (AvgIpc) is 3.22. The van der Waals surface area contributed by atoms with Gasteiger partial charge < -0.3 is 10.1 Å². The van der Waals surface area contributed by atoms with Crippen molar-refractivity contribution in [3.8, 4) is 11.8 Å². The van der Waals surface area contributed by atoms with Crippen LogP contribution in [0.3, 0.4) is 0 Å². The number of carbonyl (C=O) groups excluding carboxylic acids is 3. The fourth-order valence-electron chi connectivity index (χ4n) is 3.51. The van der Waals surface area contributed by atoms with E-state index in [1.54, 1.807) is 48.5 Å². The van der Waals surface area contributed by atoms with Gasteiger partial charge in [0.15, 0.2) is 0 Å². The van der Waals surface area contributed by atoms with Crippen LogP contribution in [-0.4, -0.2) is 24.0 Å². The molecule has 0 radical (unpaired) electrons. The third-order valence-corrected chi connectivity index (χ3v) is 6.40. The molecule has 4 rings (SSSR count). The molecule has 1 aliphatic carbocycles. The van der Waals surface area contributed by atoms with Crippen molar-refractivity contribution in [1.29, 1.82) is 5.26 Å². The van der Waals surface area contributed by atoms with Gasteiger partial charge in [-0.05, 0) is 73.2 Å². The summed E-state index contributed by atoms with van der Waals surface area (Å²) in [5.74, 6) is -1.94. The molecule has 0 unspecified atom stereocenters. The molecule has 3 aromatic rings. The number of esters is 1. The largest absolute Gasteiger partial charge is 0.423 e. The highest BCUT2D eigenvalue weighted by Gasteiger charge is 2.23. The fraction of sp³-hybridized carbons (Fsp3) is 0.160. The number of thiophene rings is 1. The van der Waals surface area contributed by atoms with Crippen LogP contribution in [0.2, 0.25) is 0 Å². The van der Waals surface area contributed by atoms with Gasteiger partial charge in [0.05, 0.1) is 17.3 Å². The first-order valence-electron chi connectivity index (χ1n) is 10.6. The van der Waals surface area contributed by atoms with Crippen molar-refractivity contribution in [2.45, 2.75) is 25.7 Å². The minimum absolute atomic E-state index is 0.362. The summed E-state index contributed by atoms with van der Waals surface area (Å²) in [6.07, 6.45) is 5.12. The molecule has 1 heterocycles. The number of nitrogens with zero attached hydrogens (tertiary/aromatic N) is 2. The zero-order valence-corrected chi connectivity index (χ0v) is 18.9. The number of nitrogens with one attached hydrogen (secondary N) is 2. The maximum absolute atomic E-state index is 12.3. The minimum Gasteiger partial charge on any atom is -0.423 e. The molecular weight excluding hydrogens is 452 g/mol. The number of nitriles is 1. The molecular formula is C25H20N4O4S. The first-order valence-corrected chi connectivity index (χ1v) is 11.4. The minimum atomic E-state index is -0.945. The van der Waals surface area contributed by atoms with E-state index in [2.05, 4.69) is 21.9 Å². The Hall–Kier alpha value is -4.29. The maximum atomic E-state index is 12.3. The third kappa shape index (κ3) is 5.36. The lowest BCUT2D eigenvalue weighted by Gasteiger charge is -2.09. The second-order valence-electron chi connectivity index (χ2n) is 7.50. The number of anilines is 1. The average molecular weight is 473 g/mol. The summed E-state index contributed by atoms with van der Waals surface area (Å²) in [4.78, 5) is 37.5. The number of fused-ring (bicyclic) bond motifs is 1. The zero-order valence-electron chi connectivity index (χ0n) is 18.0. The van der Waals surface area contributed by atoms with Gasteiger partial charge >= 0.3 is 17.8 Å². The topological polar surface area (TPSA) is 121 Å². The van der Waals surface area contributed by atoms with Crippen LogP contribution in [0.25, 0.3) is 0 Å². The Balaban J connectivity index is 1.31. The van der Waals surface area contributed by atoms with E-state index < -0.39 is 17.8 Å². The van der Waals surface area contributed by atoms with Crippen LogP contribution in [0, 0.1) is 11.3 Å². The molecule has 170 valence electrons. The summed E-state index contributed by atoms with van der Waals surface area (Å²) in [6.45, 7) is 0. The molecule has 0 saturated carbocycles. The van der Waals surface area contributed by atoms with E-state index in [1.165, 1.54) is 17.6 Å². The predicted octanol–water partition coefficient (Wildman–Crippen LogP) is 3.81. The summed E-state index contributed by atoms with van der Waals surface area (Å²) >= 11 is 1.35. The van der Waals surface area contributed by atoms with E-state index >= 15 is 0 Å². The van der Waals surface area contributed by atoms with Crippen molar-refractivity contribution in [1.82, 2.24) is 5.43 Å². The zero-order chi connectivity index (χ0) is 23.9. The first kappa shape index (κ1) is 22.9. The number of hydrogen-bond acceptors (Lipinski definition) is 7. The molecule has 0 bridgehead atoms. The van der Waals surface area contributed by atoms with Gasteiger partial charge in [0, 0.05) is 4.88 Å². The number of ether oxygens (including phenoxy) is 1. The maximum Gasteiger partial charge on any atom is 0.343 e. The SMILES string of the molecule is N#Cc1c(NC(=O)C(=O)NN=Cc2ccc(OC(=O)c3ccccc3)cc2)sc2c1CCCC2.